The highest BCUT2D eigenvalue weighted by Gasteiger charge is 2.26. The van der Waals surface area contributed by atoms with Gasteiger partial charge in [0.15, 0.2) is 12.7 Å². The Balaban J connectivity index is 3.90. The lowest BCUT2D eigenvalue weighted by molar-refractivity contribution is -0.909. The van der Waals surface area contributed by atoms with Crippen LogP contribution < -0.4 is 5.32 Å². The van der Waals surface area contributed by atoms with Crippen molar-refractivity contribution in [1.29, 1.82) is 0 Å². The first-order valence-electron chi connectivity index (χ1n) is 32.4. The second-order valence-corrected chi connectivity index (χ2v) is 21.3. The SMILES string of the molecule is CCCCCCCCCCCCCCCCCC(=O)OC[C@H](COP(=O)(O)OCCNC(=O)C/C=C/OOOOOOOOOOOOOOOOOOOOOOOOOOOOOOOOOOOOOOOOOOCCOOCC(=O)O)OC(=O)CCCCCCCCCCCCCCCCC. The zero-order valence-electron chi connectivity index (χ0n) is 57.5. The number of carboxylic acids is 1. The van der Waals surface area contributed by atoms with Crippen LogP contribution in [-0.2, 0) is 263 Å². The predicted octanol–water partition coefficient (Wildman–Crippen LogP) is 9.36. The van der Waals surface area contributed by atoms with Crippen molar-refractivity contribution in [2.24, 2.45) is 0 Å². The van der Waals surface area contributed by atoms with Crippen molar-refractivity contribution in [1.82, 2.24) is 5.32 Å². The van der Waals surface area contributed by atoms with E-state index in [1.807, 2.05) is 0 Å². The van der Waals surface area contributed by atoms with Gasteiger partial charge < -0.3 is 29.7 Å². The first-order valence-corrected chi connectivity index (χ1v) is 33.9. The van der Waals surface area contributed by atoms with Crippen molar-refractivity contribution >= 4 is 31.6 Å². The van der Waals surface area contributed by atoms with Gasteiger partial charge in [0.1, 0.15) is 26.1 Å². The molecule has 0 saturated carbocycles. The molecule has 0 aromatic heterocycles. The predicted molar refractivity (Wildman–Crippen MR) is 298 cm³/mol. The van der Waals surface area contributed by atoms with E-state index < -0.39 is 57.6 Å². The summed E-state index contributed by atoms with van der Waals surface area (Å²) in [5.74, 6) is -2.91. The average molecular weight is 1610 g/mol. The molecule has 0 aliphatic rings. The van der Waals surface area contributed by atoms with Gasteiger partial charge in [0.2, 0.25) is 5.91 Å². The fourth-order valence-electron chi connectivity index (χ4n) is 7.48. The number of phosphoric ester groups is 1. The van der Waals surface area contributed by atoms with E-state index in [-0.39, 0.29) is 45.6 Å². The number of aliphatic carboxylic acids is 1. The molecule has 0 heterocycles. The van der Waals surface area contributed by atoms with Gasteiger partial charge in [-0.1, -0.05) is 194 Å². The van der Waals surface area contributed by atoms with Crippen LogP contribution in [0.25, 0.3) is 0 Å². The molecule has 0 aliphatic heterocycles. The number of amides is 1. The molecular weight excluding hydrogens is 1510 g/mol. The van der Waals surface area contributed by atoms with E-state index in [0.29, 0.717) is 12.8 Å². The van der Waals surface area contributed by atoms with Crippen LogP contribution >= 0.6 is 7.82 Å². The molecule has 3 N–H and O–H groups in total. The summed E-state index contributed by atoms with van der Waals surface area (Å²) >= 11 is 0. The Morgan fingerprint density at radius 2 is 0.651 bits per heavy atom. The minimum Gasteiger partial charge on any atom is -0.479 e. The third-order valence-corrected chi connectivity index (χ3v) is 12.9. The van der Waals surface area contributed by atoms with Gasteiger partial charge in [-0.2, -0.15) is 0 Å². The molecule has 0 aliphatic carbocycles. The summed E-state index contributed by atoms with van der Waals surface area (Å²) in [6.07, 6.45) is 36.1. The van der Waals surface area contributed by atoms with Crippen molar-refractivity contribution < 1.29 is 273 Å². The molecule has 56 nitrogen and oxygen atoms in total. The lowest BCUT2D eigenvalue weighted by Gasteiger charge is -2.20. The lowest BCUT2D eigenvalue weighted by atomic mass is 10.0. The molecule has 0 bridgehead atoms. The summed E-state index contributed by atoms with van der Waals surface area (Å²) < 4.78 is 33.7. The van der Waals surface area contributed by atoms with Crippen LogP contribution in [0.5, 0.6) is 0 Å². The summed E-state index contributed by atoms with van der Waals surface area (Å²) in [5.41, 5.74) is 0. The van der Waals surface area contributed by atoms with Crippen LogP contribution in [0, 0.1) is 0 Å². The molecule has 0 saturated heterocycles. The molecule has 2 atom stereocenters. The third kappa shape index (κ3) is 87.0. The zero-order valence-corrected chi connectivity index (χ0v) is 58.4. The molecule has 1 amide bonds. The van der Waals surface area contributed by atoms with Gasteiger partial charge >= 0.3 is 25.7 Å². The number of esters is 2. The Hall–Kier alpha value is -4.19. The molecule has 1 unspecified atom stereocenters. The highest BCUT2D eigenvalue weighted by atomic mass is 31.2. The summed E-state index contributed by atoms with van der Waals surface area (Å²) in [6.45, 7) is 1.47. The molecule has 0 aromatic carbocycles. The number of carboxylic acid groups (broad SMARTS) is 1. The van der Waals surface area contributed by atoms with E-state index >= 15 is 0 Å². The van der Waals surface area contributed by atoms with Crippen molar-refractivity contribution in [3.05, 3.63) is 12.3 Å². The third-order valence-electron chi connectivity index (χ3n) is 11.9. The van der Waals surface area contributed by atoms with E-state index in [1.165, 1.54) is 135 Å². The number of carbonyl (C=O) groups is 4. The molecule has 0 aromatic rings. The monoisotopic (exact) mass is 1610 g/mol. The van der Waals surface area contributed by atoms with Crippen molar-refractivity contribution in [3.8, 4) is 0 Å². The number of rotatable bonds is 92. The van der Waals surface area contributed by atoms with Gasteiger partial charge in [-0.05, 0) is 59.2 Å². The second kappa shape index (κ2) is 86.4. The number of carbonyl (C=O) groups excluding carboxylic acids is 3. The normalized spacial score (nSPS) is 12.5. The maximum Gasteiger partial charge on any atom is 0.472 e. The van der Waals surface area contributed by atoms with Gasteiger partial charge in [0, 0.05) is 187 Å². The lowest BCUT2D eigenvalue weighted by Crippen LogP contribution is -2.30. The van der Waals surface area contributed by atoms with Gasteiger partial charge in [-0.3, -0.25) is 23.4 Å². The Morgan fingerprint density at radius 3 is 0.991 bits per heavy atom. The number of ether oxygens (including phenoxy) is 2. The van der Waals surface area contributed by atoms with Gasteiger partial charge in [0.25, 0.3) is 0 Å². The first kappa shape index (κ1) is 102. The highest BCUT2D eigenvalue weighted by Crippen LogP contribution is 2.43. The van der Waals surface area contributed by atoms with Crippen LogP contribution in [0.15, 0.2) is 12.3 Å². The van der Waals surface area contributed by atoms with Crippen molar-refractivity contribution in [2.75, 3.05) is 46.2 Å². The van der Waals surface area contributed by atoms with Crippen LogP contribution in [-0.4, -0.2) is 86.1 Å². The Kier molecular flexibility index (Phi) is 83.0. The van der Waals surface area contributed by atoms with Crippen LogP contribution in [0.2, 0.25) is 0 Å². The van der Waals surface area contributed by atoms with E-state index in [1.54, 1.807) is 0 Å². The van der Waals surface area contributed by atoms with E-state index in [9.17, 15) is 28.6 Å². The maximum atomic E-state index is 12.9. The van der Waals surface area contributed by atoms with E-state index in [2.05, 4.69) is 240 Å². The van der Waals surface area contributed by atoms with Gasteiger partial charge in [-0.15, -0.1) is 0 Å². The number of hydrogen-bond acceptors (Lipinski definition) is 53. The minimum absolute atomic E-state index is 0.115. The Labute approximate surface area is 599 Å². The fourth-order valence-corrected chi connectivity index (χ4v) is 8.23. The minimum atomic E-state index is -4.74. The van der Waals surface area contributed by atoms with E-state index in [0.717, 1.165) is 57.3 Å². The summed E-state index contributed by atoms with van der Waals surface area (Å²) in [6, 6.07) is 0. The zero-order chi connectivity index (χ0) is 76.7. The first-order chi connectivity index (χ1) is 52.1. The maximum absolute atomic E-state index is 12.9. The largest absolute Gasteiger partial charge is 0.479 e. The number of phosphoric acid groups is 1. The molecule has 0 rings (SSSR count). The topological polar surface area (TPSA) is 581 Å². The fraction of sp³-hybridized carbons (Fsp3) is 0.878. The summed E-state index contributed by atoms with van der Waals surface area (Å²) in [5, 5.41) is 155. The van der Waals surface area contributed by atoms with Crippen molar-refractivity contribution in [3.63, 3.8) is 0 Å². The Morgan fingerprint density at radius 1 is 0.349 bits per heavy atom. The highest BCUT2D eigenvalue weighted by molar-refractivity contribution is 7.47. The molecule has 106 heavy (non-hydrogen) atoms. The van der Waals surface area contributed by atoms with E-state index in [4.69, 9.17) is 23.6 Å². The molecule has 0 radical (unpaired) electrons. The Bertz CT molecular complexity index is 1940. The summed E-state index contributed by atoms with van der Waals surface area (Å²) in [7, 11) is -4.74. The van der Waals surface area contributed by atoms with Crippen LogP contribution in [0.4, 0.5) is 0 Å². The number of nitrogens with one attached hydrogen (secondary N) is 1. The number of hydrogen-bond donors (Lipinski definition) is 3. The van der Waals surface area contributed by atoms with Gasteiger partial charge in [0.05, 0.1) is 13.2 Å². The van der Waals surface area contributed by atoms with Crippen LogP contribution in [0.3, 0.4) is 0 Å². The molecule has 0 spiro atoms. The standard InChI is InChI=1S/C49H92NO55P/c1-3-5-7-9-11-13-15-17-19-21-23-25-27-29-31-35-48(54)58-42-45(65-49(55)36-32-30-28-26-24-22-20-18-16-14-12-10-8-6-4-2)43-64-106(56,57)63-39-37-50-46(51)34-33-38-60-66-68-70-72-74-76-78-80-82-84-86-88-90-92-94-96-98-100-102-104-105-103-101-99-97-95-93-91-89-87-85-83-81-79-77-75-73-71-69-67-61-41-40-59-62-44-47(52)53/h33,38,45H,3-32,34-37,39-44H2,1-2H3,(H,50,51)(H,52,53)(H,56,57)/b38-33+/t45-/m1/s1. The smallest absolute Gasteiger partial charge is 0.472 e. The quantitative estimate of drug-likeness (QED) is 0.0127. The van der Waals surface area contributed by atoms with Crippen molar-refractivity contribution in [2.45, 2.75) is 232 Å². The number of unbranched alkanes of at least 4 members (excludes halogenated alkanes) is 28. The summed E-state index contributed by atoms with van der Waals surface area (Å²) in [4.78, 5) is 75.3. The molecular formula is C49H92NO55P. The molecule has 57 heteroatoms. The molecule has 628 valence electrons. The average Bonchev–Trinajstić information content (AvgIpc) is 0.922. The molecule has 0 fully saturated rings. The van der Waals surface area contributed by atoms with Gasteiger partial charge in [-0.25, -0.2) is 24.0 Å². The van der Waals surface area contributed by atoms with Crippen LogP contribution in [0.1, 0.15) is 226 Å². The second-order valence-electron chi connectivity index (χ2n) is 19.8.